The number of anilines is 1. The number of aryl methyl sites for hydroxylation is 1. The Balaban J connectivity index is 1.67. The summed E-state index contributed by atoms with van der Waals surface area (Å²) < 4.78 is 5.28. The maximum Gasteiger partial charge on any atom is 0.240 e. The first kappa shape index (κ1) is 17.0. The quantitative estimate of drug-likeness (QED) is 0.792. The van der Waals surface area contributed by atoms with Crippen LogP contribution in [0, 0.1) is 12.3 Å². The van der Waals surface area contributed by atoms with Crippen molar-refractivity contribution in [3.63, 3.8) is 0 Å². The minimum absolute atomic E-state index is 0.250. The molecule has 0 spiro atoms. The van der Waals surface area contributed by atoms with Gasteiger partial charge in [-0.2, -0.15) is 0 Å². The number of hydrogen-bond acceptors (Lipinski definition) is 4. The topological polar surface area (TPSA) is 80.3 Å². The third-order valence-electron chi connectivity index (χ3n) is 4.40. The zero-order valence-corrected chi connectivity index (χ0v) is 14.3. The van der Waals surface area contributed by atoms with Crippen molar-refractivity contribution in [1.29, 1.82) is 0 Å². The van der Waals surface area contributed by atoms with E-state index in [1.165, 1.54) is 0 Å². The molecule has 0 atom stereocenters. The molecule has 0 unspecified atom stereocenters. The van der Waals surface area contributed by atoms with E-state index in [4.69, 9.17) is 4.74 Å². The van der Waals surface area contributed by atoms with E-state index < -0.39 is 5.41 Å². The molecule has 6 heteroatoms. The number of methoxy groups -OCH3 is 1. The average Bonchev–Trinajstić information content (AvgIpc) is 3.43. The van der Waals surface area contributed by atoms with Crippen LogP contribution >= 0.6 is 0 Å². The molecule has 1 aromatic heterocycles. The molecule has 3 rings (SSSR count). The average molecular weight is 339 g/mol. The first-order valence-electron chi connectivity index (χ1n) is 8.18. The minimum Gasteiger partial charge on any atom is -0.495 e. The summed E-state index contributed by atoms with van der Waals surface area (Å²) in [5.41, 5.74) is 1.49. The second kappa shape index (κ2) is 6.93. The van der Waals surface area contributed by atoms with Gasteiger partial charge in [0.15, 0.2) is 0 Å². The smallest absolute Gasteiger partial charge is 0.240 e. The highest BCUT2D eigenvalue weighted by Gasteiger charge is 2.56. The van der Waals surface area contributed by atoms with Crippen LogP contribution in [0.4, 0.5) is 5.69 Å². The summed E-state index contributed by atoms with van der Waals surface area (Å²) in [7, 11) is 1.55. The van der Waals surface area contributed by atoms with Gasteiger partial charge in [0, 0.05) is 18.9 Å². The zero-order chi connectivity index (χ0) is 17.9. The van der Waals surface area contributed by atoms with E-state index in [0.717, 1.165) is 11.1 Å². The number of carbonyl (C=O) groups excluding carboxylic acids is 2. The number of ether oxygens (including phenoxy) is 1. The molecule has 1 aliphatic rings. The summed E-state index contributed by atoms with van der Waals surface area (Å²) >= 11 is 0. The van der Waals surface area contributed by atoms with Crippen LogP contribution in [0.1, 0.15) is 24.0 Å². The van der Waals surface area contributed by atoms with Gasteiger partial charge < -0.3 is 15.4 Å². The minimum atomic E-state index is -0.989. The fraction of sp³-hybridized carbons (Fsp3) is 0.316. The lowest BCUT2D eigenvalue weighted by Gasteiger charge is -2.17. The molecule has 1 aliphatic carbocycles. The van der Waals surface area contributed by atoms with Crippen LogP contribution in [-0.4, -0.2) is 23.9 Å². The van der Waals surface area contributed by atoms with Crippen LogP contribution in [0.5, 0.6) is 5.75 Å². The molecule has 1 aromatic carbocycles. The molecule has 0 saturated heterocycles. The summed E-state index contributed by atoms with van der Waals surface area (Å²) in [4.78, 5) is 29.2. The van der Waals surface area contributed by atoms with Crippen LogP contribution in [0.15, 0.2) is 42.7 Å². The molecule has 2 amide bonds. The predicted octanol–water partition coefficient (Wildman–Crippen LogP) is 2.43. The number of rotatable bonds is 6. The SMILES string of the molecule is COc1ccc(C)cc1NC(=O)C1(C(=O)NCc2cccnc2)CC1. The van der Waals surface area contributed by atoms with E-state index in [-0.39, 0.29) is 11.8 Å². The number of benzene rings is 1. The number of aromatic nitrogens is 1. The Morgan fingerprint density at radius 3 is 2.68 bits per heavy atom. The van der Waals surface area contributed by atoms with Gasteiger partial charge >= 0.3 is 0 Å². The summed E-state index contributed by atoms with van der Waals surface area (Å²) in [6, 6.07) is 9.23. The lowest BCUT2D eigenvalue weighted by molar-refractivity contribution is -0.134. The predicted molar refractivity (Wildman–Crippen MR) is 94.1 cm³/mol. The van der Waals surface area contributed by atoms with Crippen LogP contribution in [-0.2, 0) is 16.1 Å². The summed E-state index contributed by atoms with van der Waals surface area (Å²) in [5.74, 6) is 0.0334. The van der Waals surface area contributed by atoms with E-state index in [2.05, 4.69) is 15.6 Å². The van der Waals surface area contributed by atoms with Gasteiger partial charge in [-0.15, -0.1) is 0 Å². The van der Waals surface area contributed by atoms with Gasteiger partial charge in [-0.05, 0) is 49.1 Å². The third-order valence-corrected chi connectivity index (χ3v) is 4.40. The first-order valence-corrected chi connectivity index (χ1v) is 8.18. The fourth-order valence-electron chi connectivity index (χ4n) is 2.70. The molecule has 1 saturated carbocycles. The molecule has 25 heavy (non-hydrogen) atoms. The van der Waals surface area contributed by atoms with Crippen LogP contribution in [0.2, 0.25) is 0 Å². The number of carbonyl (C=O) groups is 2. The number of nitrogens with one attached hydrogen (secondary N) is 2. The molecule has 1 fully saturated rings. The molecule has 2 N–H and O–H groups in total. The summed E-state index contributed by atoms with van der Waals surface area (Å²) in [6.45, 7) is 2.29. The molecule has 2 aromatic rings. The van der Waals surface area contributed by atoms with Crippen LogP contribution in [0.3, 0.4) is 0 Å². The highest BCUT2D eigenvalue weighted by molar-refractivity contribution is 6.13. The van der Waals surface area contributed by atoms with Crippen molar-refractivity contribution in [2.45, 2.75) is 26.3 Å². The second-order valence-electron chi connectivity index (χ2n) is 6.28. The van der Waals surface area contributed by atoms with Crippen LogP contribution in [0.25, 0.3) is 0 Å². The zero-order valence-electron chi connectivity index (χ0n) is 14.3. The van der Waals surface area contributed by atoms with Gasteiger partial charge in [0.25, 0.3) is 0 Å². The van der Waals surface area contributed by atoms with E-state index in [1.807, 2.05) is 31.2 Å². The normalized spacial score (nSPS) is 14.5. The van der Waals surface area contributed by atoms with Gasteiger partial charge in [0.2, 0.25) is 11.8 Å². The van der Waals surface area contributed by atoms with Gasteiger partial charge in [0.05, 0.1) is 12.8 Å². The molecule has 0 aliphatic heterocycles. The molecular weight excluding hydrogens is 318 g/mol. The molecular formula is C19H21N3O3. The number of amides is 2. The lowest BCUT2D eigenvalue weighted by Crippen LogP contribution is -2.39. The van der Waals surface area contributed by atoms with Gasteiger partial charge in [-0.1, -0.05) is 12.1 Å². The van der Waals surface area contributed by atoms with E-state index in [9.17, 15) is 9.59 Å². The van der Waals surface area contributed by atoms with E-state index >= 15 is 0 Å². The second-order valence-corrected chi connectivity index (χ2v) is 6.28. The number of hydrogen-bond donors (Lipinski definition) is 2. The van der Waals surface area contributed by atoms with Crippen LogP contribution < -0.4 is 15.4 Å². The Morgan fingerprint density at radius 1 is 1.24 bits per heavy atom. The molecule has 130 valence electrons. The number of pyridine rings is 1. The Bertz CT molecular complexity index is 786. The summed E-state index contributed by atoms with van der Waals surface area (Å²) in [5, 5.41) is 5.68. The maximum atomic E-state index is 12.7. The van der Waals surface area contributed by atoms with E-state index in [1.54, 1.807) is 25.6 Å². The third kappa shape index (κ3) is 3.63. The largest absolute Gasteiger partial charge is 0.495 e. The van der Waals surface area contributed by atoms with Gasteiger partial charge in [-0.25, -0.2) is 0 Å². The molecule has 0 radical (unpaired) electrons. The van der Waals surface area contributed by atoms with Crippen molar-refractivity contribution in [1.82, 2.24) is 10.3 Å². The Labute approximate surface area is 146 Å². The van der Waals surface area contributed by atoms with Crippen molar-refractivity contribution >= 4 is 17.5 Å². The Hall–Kier alpha value is -2.89. The maximum absolute atomic E-state index is 12.7. The van der Waals surface area contributed by atoms with Crippen molar-refractivity contribution in [3.8, 4) is 5.75 Å². The highest BCUT2D eigenvalue weighted by atomic mass is 16.5. The summed E-state index contributed by atoms with van der Waals surface area (Å²) in [6.07, 6.45) is 4.46. The van der Waals surface area contributed by atoms with Crippen molar-refractivity contribution in [3.05, 3.63) is 53.9 Å². The van der Waals surface area contributed by atoms with Crippen molar-refractivity contribution in [2.75, 3.05) is 12.4 Å². The van der Waals surface area contributed by atoms with Crippen molar-refractivity contribution in [2.24, 2.45) is 5.41 Å². The lowest BCUT2D eigenvalue weighted by atomic mass is 10.0. The van der Waals surface area contributed by atoms with Crippen molar-refractivity contribution < 1.29 is 14.3 Å². The van der Waals surface area contributed by atoms with Gasteiger partial charge in [0.1, 0.15) is 11.2 Å². The standard InChI is InChI=1S/C19H21N3O3/c1-13-5-6-16(25-2)15(10-13)22-18(24)19(7-8-19)17(23)21-12-14-4-3-9-20-11-14/h3-6,9-11H,7-8,12H2,1-2H3,(H,21,23)(H,22,24). The first-order chi connectivity index (χ1) is 12.0. The highest BCUT2D eigenvalue weighted by Crippen LogP contribution is 2.47. The Kier molecular flexibility index (Phi) is 4.70. The van der Waals surface area contributed by atoms with E-state index in [0.29, 0.717) is 30.8 Å². The molecule has 1 heterocycles. The number of nitrogens with zero attached hydrogens (tertiary/aromatic N) is 1. The van der Waals surface area contributed by atoms with Gasteiger partial charge in [-0.3, -0.25) is 14.6 Å². The molecule has 0 bridgehead atoms. The molecule has 6 nitrogen and oxygen atoms in total. The Morgan fingerprint density at radius 2 is 2.04 bits per heavy atom. The fourth-order valence-corrected chi connectivity index (χ4v) is 2.70. The monoisotopic (exact) mass is 339 g/mol.